The molecule has 1 unspecified atom stereocenters. The van der Waals surface area contributed by atoms with Crippen molar-refractivity contribution in [2.45, 2.75) is 44.1 Å². The van der Waals surface area contributed by atoms with Crippen LogP contribution in [0.25, 0.3) is 0 Å². The smallest absolute Gasteiger partial charge is 0.340 e. The lowest BCUT2D eigenvalue weighted by atomic mass is 9.85. The number of methoxy groups -OCH3 is 1. The molecule has 0 radical (unpaired) electrons. The first-order chi connectivity index (χ1) is 12.1. The number of carbonyl (C=O) groups is 2. The highest BCUT2D eigenvalue weighted by atomic mass is 16.5. The largest absolute Gasteiger partial charge is 0.383 e. The molecule has 2 fully saturated rings. The van der Waals surface area contributed by atoms with Gasteiger partial charge in [-0.05, 0) is 25.7 Å². The lowest BCUT2D eigenvalue weighted by Gasteiger charge is -2.44. The van der Waals surface area contributed by atoms with Crippen molar-refractivity contribution in [2.75, 3.05) is 33.4 Å². The fraction of sp³-hybridized carbons (Fsp3) is 0.750. The van der Waals surface area contributed by atoms with Gasteiger partial charge in [-0.15, -0.1) is 0 Å². The summed E-state index contributed by atoms with van der Waals surface area (Å²) in [5, 5.41) is 6.12. The van der Waals surface area contributed by atoms with Gasteiger partial charge in [0, 0.05) is 39.6 Å². The van der Waals surface area contributed by atoms with Gasteiger partial charge in [-0.1, -0.05) is 0 Å². The van der Waals surface area contributed by atoms with E-state index in [0.29, 0.717) is 31.9 Å². The van der Waals surface area contributed by atoms with E-state index in [4.69, 9.17) is 4.74 Å². The lowest BCUT2D eigenvalue weighted by molar-refractivity contribution is -0.155. The summed E-state index contributed by atoms with van der Waals surface area (Å²) < 4.78 is 5.09. The second kappa shape index (κ2) is 7.38. The lowest BCUT2D eigenvalue weighted by Crippen LogP contribution is -2.61. The van der Waals surface area contributed by atoms with Crippen LogP contribution in [-0.2, 0) is 20.7 Å². The first kappa shape index (κ1) is 17.7. The molecule has 2 amide bonds. The highest BCUT2D eigenvalue weighted by Gasteiger charge is 2.52. The Morgan fingerprint density at radius 1 is 1.28 bits per heavy atom. The molecule has 2 aliphatic heterocycles. The van der Waals surface area contributed by atoms with E-state index in [1.807, 2.05) is 4.90 Å². The van der Waals surface area contributed by atoms with Crippen LogP contribution in [0.5, 0.6) is 0 Å². The highest BCUT2D eigenvalue weighted by Crippen LogP contribution is 2.38. The predicted octanol–water partition coefficient (Wildman–Crippen LogP) is -0.339. The second-order valence-electron chi connectivity index (χ2n) is 6.69. The van der Waals surface area contributed by atoms with Crippen LogP contribution in [0.2, 0.25) is 0 Å². The molecule has 2 N–H and O–H groups in total. The van der Waals surface area contributed by atoms with Gasteiger partial charge in [0.2, 0.25) is 11.8 Å². The normalized spacial score (nSPS) is 23.6. The second-order valence-corrected chi connectivity index (χ2v) is 6.69. The number of hydrogen-bond donors (Lipinski definition) is 2. The number of nitrogens with zero attached hydrogens (tertiary/aromatic N) is 3. The van der Waals surface area contributed by atoms with Gasteiger partial charge in [-0.2, -0.15) is 5.10 Å². The van der Waals surface area contributed by atoms with E-state index in [-0.39, 0.29) is 23.9 Å². The van der Waals surface area contributed by atoms with Gasteiger partial charge < -0.3 is 14.5 Å². The standard InChI is InChI=1S/C16H25N5O4/c1-25-11-10-20-8-2-6-16(14(20)23)7-3-9-21(16)13(22)5-4-12-17-15(24)19-18-12/h2-11H2,1H3,(H2,17,18,19,24). The van der Waals surface area contributed by atoms with Crippen LogP contribution in [0.4, 0.5) is 0 Å². The molecule has 3 heterocycles. The Balaban J connectivity index is 1.68. The minimum Gasteiger partial charge on any atom is -0.383 e. The Hall–Kier alpha value is -2.16. The summed E-state index contributed by atoms with van der Waals surface area (Å²) in [5.74, 6) is 0.460. The minimum absolute atomic E-state index is 0.0508. The van der Waals surface area contributed by atoms with Crippen molar-refractivity contribution in [2.24, 2.45) is 0 Å². The van der Waals surface area contributed by atoms with Crippen LogP contribution in [0, 0.1) is 0 Å². The number of carbonyl (C=O) groups excluding carboxylic acids is 2. The van der Waals surface area contributed by atoms with Gasteiger partial charge in [0.15, 0.2) is 0 Å². The van der Waals surface area contributed by atoms with E-state index in [1.165, 1.54) is 0 Å². The molecule has 1 aromatic heterocycles. The Morgan fingerprint density at radius 2 is 2.04 bits per heavy atom. The van der Waals surface area contributed by atoms with E-state index < -0.39 is 5.54 Å². The van der Waals surface area contributed by atoms with Crippen LogP contribution >= 0.6 is 0 Å². The first-order valence-corrected chi connectivity index (χ1v) is 8.79. The van der Waals surface area contributed by atoms with Crippen molar-refractivity contribution in [3.05, 3.63) is 16.3 Å². The third-order valence-electron chi connectivity index (χ3n) is 5.18. The van der Waals surface area contributed by atoms with E-state index >= 15 is 0 Å². The summed E-state index contributed by atoms with van der Waals surface area (Å²) in [6.45, 7) is 2.40. The monoisotopic (exact) mass is 351 g/mol. The van der Waals surface area contributed by atoms with Gasteiger partial charge in [0.25, 0.3) is 0 Å². The zero-order valence-corrected chi connectivity index (χ0v) is 14.5. The molecule has 2 aliphatic rings. The number of hydrogen-bond acceptors (Lipinski definition) is 5. The molecular formula is C16H25N5O4. The van der Waals surface area contributed by atoms with Gasteiger partial charge in [-0.25, -0.2) is 9.89 Å². The Kier molecular flexibility index (Phi) is 5.22. The van der Waals surface area contributed by atoms with Gasteiger partial charge in [-0.3, -0.25) is 14.6 Å². The van der Waals surface area contributed by atoms with Gasteiger partial charge >= 0.3 is 5.69 Å². The number of aromatic amines is 2. The van der Waals surface area contributed by atoms with Crippen LogP contribution < -0.4 is 5.69 Å². The Morgan fingerprint density at radius 3 is 2.72 bits per heavy atom. The summed E-state index contributed by atoms with van der Waals surface area (Å²) in [4.78, 5) is 43.0. The molecule has 1 spiro atoms. The molecule has 0 aromatic carbocycles. The van der Waals surface area contributed by atoms with Crippen molar-refractivity contribution in [3.8, 4) is 0 Å². The zero-order chi connectivity index (χ0) is 17.9. The number of ether oxygens (including phenoxy) is 1. The number of piperidine rings is 1. The molecule has 25 heavy (non-hydrogen) atoms. The van der Waals surface area contributed by atoms with Gasteiger partial charge in [0.1, 0.15) is 11.4 Å². The Bertz CT molecular complexity index is 684. The molecule has 9 heteroatoms. The summed E-state index contributed by atoms with van der Waals surface area (Å²) in [7, 11) is 1.62. The topological polar surface area (TPSA) is 111 Å². The van der Waals surface area contributed by atoms with Crippen LogP contribution in [0.15, 0.2) is 4.79 Å². The molecule has 3 rings (SSSR count). The van der Waals surface area contributed by atoms with E-state index in [1.54, 1.807) is 12.0 Å². The van der Waals surface area contributed by atoms with Crippen LogP contribution in [-0.4, -0.2) is 75.7 Å². The van der Waals surface area contributed by atoms with Crippen LogP contribution in [0.3, 0.4) is 0 Å². The molecule has 1 aromatic rings. The molecule has 2 saturated heterocycles. The molecule has 0 bridgehead atoms. The predicted molar refractivity (Wildman–Crippen MR) is 88.9 cm³/mol. The first-order valence-electron chi connectivity index (χ1n) is 8.79. The van der Waals surface area contributed by atoms with E-state index in [9.17, 15) is 14.4 Å². The summed E-state index contributed by atoms with van der Waals surface area (Å²) >= 11 is 0. The summed E-state index contributed by atoms with van der Waals surface area (Å²) in [5.41, 5.74) is -1.07. The number of amides is 2. The van der Waals surface area contributed by atoms with Crippen LogP contribution in [0.1, 0.15) is 37.9 Å². The molecule has 0 aliphatic carbocycles. The fourth-order valence-corrected chi connectivity index (χ4v) is 3.99. The number of H-pyrrole nitrogens is 2. The van der Waals surface area contributed by atoms with E-state index in [2.05, 4.69) is 15.2 Å². The Labute approximate surface area is 145 Å². The third kappa shape index (κ3) is 3.46. The highest BCUT2D eigenvalue weighted by molar-refractivity contribution is 5.92. The summed E-state index contributed by atoms with van der Waals surface area (Å²) in [6.07, 6.45) is 3.76. The van der Waals surface area contributed by atoms with Crippen molar-refractivity contribution < 1.29 is 14.3 Å². The maximum absolute atomic E-state index is 13.1. The molecule has 9 nitrogen and oxygen atoms in total. The van der Waals surface area contributed by atoms with Gasteiger partial charge in [0.05, 0.1) is 6.61 Å². The average Bonchev–Trinajstić information content (AvgIpc) is 3.21. The minimum atomic E-state index is -0.692. The quantitative estimate of drug-likeness (QED) is 0.728. The molecule has 1 atom stereocenters. The zero-order valence-electron chi connectivity index (χ0n) is 14.5. The summed E-state index contributed by atoms with van der Waals surface area (Å²) in [6, 6.07) is 0. The van der Waals surface area contributed by atoms with Crippen molar-refractivity contribution >= 4 is 11.8 Å². The molecule has 0 saturated carbocycles. The maximum Gasteiger partial charge on any atom is 0.340 e. The van der Waals surface area contributed by atoms with E-state index in [0.717, 1.165) is 32.2 Å². The number of rotatable bonds is 6. The fourth-order valence-electron chi connectivity index (χ4n) is 3.99. The SMILES string of the molecule is COCCN1CCCC2(CCCN2C(=O)CCc2n[nH]c(=O)[nH]2)C1=O. The number of nitrogens with one attached hydrogen (secondary N) is 2. The van der Waals surface area contributed by atoms with Crippen molar-refractivity contribution in [1.29, 1.82) is 0 Å². The number of likely N-dealkylation sites (tertiary alicyclic amines) is 2. The van der Waals surface area contributed by atoms with Crippen molar-refractivity contribution in [3.63, 3.8) is 0 Å². The van der Waals surface area contributed by atoms with Crippen molar-refractivity contribution in [1.82, 2.24) is 25.0 Å². The molecular weight excluding hydrogens is 326 g/mol. The maximum atomic E-state index is 13.1. The third-order valence-corrected chi connectivity index (χ3v) is 5.18. The average molecular weight is 351 g/mol. The molecule has 138 valence electrons. The number of aryl methyl sites for hydroxylation is 1. The number of aromatic nitrogens is 3.